The second-order valence-corrected chi connectivity index (χ2v) is 8.50. The zero-order valence-corrected chi connectivity index (χ0v) is 20.2. The van der Waals surface area contributed by atoms with E-state index in [9.17, 15) is 24.2 Å². The first-order chi connectivity index (χ1) is 14.0. The van der Waals surface area contributed by atoms with Crippen molar-refractivity contribution in [2.75, 3.05) is 6.54 Å². The smallest absolute Gasteiger partial charge is 0.184 e. The molecule has 0 aromatic heterocycles. The van der Waals surface area contributed by atoms with E-state index >= 15 is 0 Å². The van der Waals surface area contributed by atoms with Gasteiger partial charge >= 0.3 is 0 Å². The zero-order valence-electron chi connectivity index (χ0n) is 14.4. The molecule has 0 spiro atoms. The SMILES string of the molecule is Br.N=C1c2ccccc2CN1CC(=O)c1c(SF)c(SF)c(SF)c(SF)c1SF. The molecule has 0 saturated carbocycles. The summed E-state index contributed by atoms with van der Waals surface area (Å²) in [6, 6.07) is 6.99. The summed E-state index contributed by atoms with van der Waals surface area (Å²) in [4.78, 5) is 11.2. The number of nitrogens with zero attached hydrogens (tertiary/aromatic N) is 1. The third-order valence-electron chi connectivity index (χ3n) is 4.23. The van der Waals surface area contributed by atoms with Crippen LogP contribution in [-0.4, -0.2) is 23.1 Å². The number of carbonyl (C=O) groups excluding carboxylic acids is 1. The van der Waals surface area contributed by atoms with Crippen molar-refractivity contribution in [2.24, 2.45) is 0 Å². The number of benzene rings is 2. The van der Waals surface area contributed by atoms with Gasteiger partial charge in [0.1, 0.15) is 5.84 Å². The van der Waals surface area contributed by atoms with Crippen LogP contribution in [-0.2, 0) is 6.54 Å². The molecule has 1 N–H and O–H groups in total. The maximum atomic E-state index is 13.6. The van der Waals surface area contributed by atoms with E-state index in [1.165, 1.54) is 4.90 Å². The van der Waals surface area contributed by atoms with Crippen LogP contribution in [0.3, 0.4) is 0 Å². The summed E-state index contributed by atoms with van der Waals surface area (Å²) in [5.41, 5.74) is 0.839. The highest BCUT2D eigenvalue weighted by molar-refractivity contribution is 8.93. The molecule has 0 saturated heterocycles. The Morgan fingerprint density at radius 2 is 1.33 bits per heavy atom. The topological polar surface area (TPSA) is 44.2 Å². The minimum atomic E-state index is -0.844. The molecule has 0 unspecified atom stereocenters. The first kappa shape index (κ1) is 25.7. The number of hydrogen-bond donors (Lipinski definition) is 1. The van der Waals surface area contributed by atoms with Crippen molar-refractivity contribution in [1.29, 1.82) is 5.41 Å². The lowest BCUT2D eigenvalue weighted by molar-refractivity contribution is 0.0955. The molecule has 0 aliphatic carbocycles. The number of Topliss-reactive ketones (excluding diaryl/α,β-unsaturated/α-hetero) is 1. The van der Waals surface area contributed by atoms with Gasteiger partial charge in [0, 0.05) is 12.1 Å². The summed E-state index contributed by atoms with van der Waals surface area (Å²) in [6.45, 7) is -0.214. The number of fused-ring (bicyclic) bond motifs is 1. The summed E-state index contributed by atoms with van der Waals surface area (Å²) >= 11 is -2.77. The Labute approximate surface area is 201 Å². The number of hydrogen-bond acceptors (Lipinski definition) is 7. The van der Waals surface area contributed by atoms with Crippen molar-refractivity contribution in [1.82, 2.24) is 4.90 Å². The molecule has 162 valence electrons. The highest BCUT2D eigenvalue weighted by Crippen LogP contribution is 2.52. The van der Waals surface area contributed by atoms with E-state index in [2.05, 4.69) is 0 Å². The van der Waals surface area contributed by atoms with Crippen LogP contribution in [0.5, 0.6) is 0 Å². The van der Waals surface area contributed by atoms with Gasteiger partial charge in [0.15, 0.2) is 5.78 Å². The van der Waals surface area contributed by atoms with Crippen molar-refractivity contribution in [3.63, 3.8) is 0 Å². The Balaban J connectivity index is 0.00000320. The Morgan fingerprint density at radius 1 is 0.867 bits per heavy atom. The van der Waals surface area contributed by atoms with Gasteiger partial charge in [-0.1, -0.05) is 24.3 Å². The van der Waals surface area contributed by atoms with Crippen molar-refractivity contribution in [2.45, 2.75) is 31.0 Å². The standard InChI is InChI=1S/C16H9F5N2OS5.BrH/c17-25-11-10(12(26-18)14(28-20)15(29-21)13(11)27-19)9(24)6-23-5-7-3-1-2-4-8(7)16(23)22;/h1-4,22H,5-6H2;1H. The van der Waals surface area contributed by atoms with Crippen LogP contribution in [0.1, 0.15) is 21.5 Å². The number of rotatable bonds is 8. The molecule has 1 heterocycles. The van der Waals surface area contributed by atoms with Gasteiger partial charge in [0.05, 0.1) is 97.3 Å². The van der Waals surface area contributed by atoms with Crippen LogP contribution in [0.4, 0.5) is 19.4 Å². The molecule has 3 nitrogen and oxygen atoms in total. The highest BCUT2D eigenvalue weighted by Gasteiger charge is 2.33. The first-order valence-electron chi connectivity index (χ1n) is 7.64. The number of carbonyl (C=O) groups is 1. The third-order valence-corrected chi connectivity index (χ3v) is 7.56. The van der Waals surface area contributed by atoms with Crippen LogP contribution in [0.15, 0.2) is 48.7 Å². The molecule has 2 aromatic rings. The summed E-state index contributed by atoms with van der Waals surface area (Å²) in [5, 5.41) is 8.20. The van der Waals surface area contributed by atoms with E-state index in [0.717, 1.165) is 5.56 Å². The lowest BCUT2D eigenvalue weighted by Gasteiger charge is -2.20. The molecule has 1 aliphatic rings. The van der Waals surface area contributed by atoms with E-state index in [-0.39, 0.29) is 29.4 Å². The van der Waals surface area contributed by atoms with Crippen molar-refractivity contribution < 1.29 is 24.2 Å². The molecule has 30 heavy (non-hydrogen) atoms. The lowest BCUT2D eigenvalue weighted by Crippen LogP contribution is -2.30. The Bertz CT molecular complexity index is 950. The van der Waals surface area contributed by atoms with Crippen LogP contribution < -0.4 is 0 Å². The number of ketones is 1. The van der Waals surface area contributed by atoms with Crippen molar-refractivity contribution in [3.05, 3.63) is 41.0 Å². The fraction of sp³-hybridized carbons (Fsp3) is 0.125. The van der Waals surface area contributed by atoms with Gasteiger partial charge < -0.3 is 4.90 Å². The summed E-state index contributed by atoms with van der Waals surface area (Å²) < 4.78 is 67.4. The normalized spacial score (nSPS) is 12.7. The van der Waals surface area contributed by atoms with Crippen LogP contribution in [0.25, 0.3) is 0 Å². The second kappa shape index (κ2) is 11.4. The largest absolute Gasteiger partial charge is 0.345 e. The van der Waals surface area contributed by atoms with Gasteiger partial charge in [-0.25, -0.2) is 0 Å². The Kier molecular flexibility index (Phi) is 9.74. The molecular formula is C16H10BrF5N2OS5. The number of amidine groups is 1. The average molecular weight is 581 g/mol. The Hall–Kier alpha value is -0.540. The molecule has 14 heteroatoms. The average Bonchev–Trinajstić information content (AvgIpc) is 3.06. The third kappa shape index (κ3) is 4.63. The van der Waals surface area contributed by atoms with Gasteiger partial charge in [-0.05, 0) is 5.56 Å². The van der Waals surface area contributed by atoms with E-state index in [4.69, 9.17) is 5.41 Å². The fourth-order valence-electron chi connectivity index (χ4n) is 2.98. The molecule has 0 fully saturated rings. The molecule has 0 radical (unpaired) electrons. The van der Waals surface area contributed by atoms with Gasteiger partial charge in [-0.3, -0.25) is 10.2 Å². The van der Waals surface area contributed by atoms with Crippen LogP contribution in [0, 0.1) is 5.41 Å². The van der Waals surface area contributed by atoms with E-state index in [1.54, 1.807) is 24.3 Å². The fourth-order valence-corrected chi connectivity index (χ4v) is 5.96. The monoisotopic (exact) mass is 580 g/mol. The minimum Gasteiger partial charge on any atom is -0.345 e. The summed E-state index contributed by atoms with van der Waals surface area (Å²) in [7, 11) is 0. The van der Waals surface area contributed by atoms with Gasteiger partial charge in [0.2, 0.25) is 0 Å². The quantitative estimate of drug-likeness (QED) is 0.249. The minimum absolute atomic E-state index is 0. The lowest BCUT2D eigenvalue weighted by atomic mass is 10.1. The van der Waals surface area contributed by atoms with Gasteiger partial charge in [-0.15, -0.1) is 17.0 Å². The van der Waals surface area contributed by atoms with E-state index < -0.39 is 103 Å². The second-order valence-electron chi connectivity index (χ2n) is 5.69. The van der Waals surface area contributed by atoms with Crippen molar-refractivity contribution >= 4 is 89.3 Å². The molecule has 2 aromatic carbocycles. The highest BCUT2D eigenvalue weighted by atomic mass is 79.9. The molecule has 0 bridgehead atoms. The number of nitrogens with one attached hydrogen (secondary N) is 1. The maximum Gasteiger partial charge on any atom is 0.184 e. The Morgan fingerprint density at radius 3 is 1.80 bits per heavy atom. The van der Waals surface area contributed by atoms with Gasteiger partial charge in [-0.2, -0.15) is 19.4 Å². The molecular weight excluding hydrogens is 571 g/mol. The van der Waals surface area contributed by atoms with E-state index in [1.807, 2.05) is 0 Å². The predicted octanol–water partition coefficient (Wildman–Crippen LogP) is 8.17. The number of halogens is 6. The molecule has 1 aliphatic heterocycles. The molecule has 3 rings (SSSR count). The van der Waals surface area contributed by atoms with Crippen LogP contribution >= 0.6 is 77.7 Å². The molecule has 0 atom stereocenters. The maximum absolute atomic E-state index is 13.6. The van der Waals surface area contributed by atoms with Crippen molar-refractivity contribution in [3.8, 4) is 0 Å². The zero-order chi connectivity index (χ0) is 21.1. The predicted molar refractivity (Wildman–Crippen MR) is 120 cm³/mol. The first-order valence-corrected chi connectivity index (χ1v) is 11.2. The summed E-state index contributed by atoms with van der Waals surface area (Å²) in [6.07, 6.45) is 0. The molecule has 0 amide bonds. The van der Waals surface area contributed by atoms with Crippen LogP contribution in [0.2, 0.25) is 0 Å². The van der Waals surface area contributed by atoms with E-state index in [0.29, 0.717) is 5.56 Å². The van der Waals surface area contributed by atoms with Gasteiger partial charge in [0.25, 0.3) is 0 Å². The summed E-state index contributed by atoms with van der Waals surface area (Å²) in [5.74, 6) is -0.794.